The van der Waals surface area contributed by atoms with Gasteiger partial charge in [0.2, 0.25) is 0 Å². The molecule has 4 heteroatoms. The van der Waals surface area contributed by atoms with E-state index in [9.17, 15) is 0 Å². The van der Waals surface area contributed by atoms with Gasteiger partial charge in [0.25, 0.3) is 0 Å². The highest BCUT2D eigenvalue weighted by Gasteiger charge is 2.32. The third-order valence-electron chi connectivity index (χ3n) is 4.60. The second kappa shape index (κ2) is 6.33. The molecule has 2 unspecified atom stereocenters. The van der Waals surface area contributed by atoms with E-state index >= 15 is 0 Å². The summed E-state index contributed by atoms with van der Waals surface area (Å²) in [5.41, 5.74) is 3.62. The third kappa shape index (κ3) is 3.23. The molecule has 3 aliphatic heterocycles. The molecule has 18 heavy (non-hydrogen) atoms. The number of nitrogens with one attached hydrogen (secondary N) is 1. The van der Waals surface area contributed by atoms with Gasteiger partial charge in [-0.2, -0.15) is 0 Å². The van der Waals surface area contributed by atoms with E-state index in [4.69, 9.17) is 4.74 Å². The Morgan fingerprint density at radius 1 is 1.06 bits per heavy atom. The number of hydrogen-bond acceptors (Lipinski definition) is 4. The maximum absolute atomic E-state index is 5.85. The smallest absolute Gasteiger partial charge is 0.0634 e. The molecule has 0 bridgehead atoms. The van der Waals surface area contributed by atoms with Crippen molar-refractivity contribution < 1.29 is 4.74 Å². The van der Waals surface area contributed by atoms with Crippen LogP contribution in [-0.2, 0) is 4.74 Å². The molecule has 0 aliphatic carbocycles. The fraction of sp³-hybridized carbons (Fsp3) is 1.00. The summed E-state index contributed by atoms with van der Waals surface area (Å²) in [5, 5.41) is 2.46. The Balaban J connectivity index is 1.29. The lowest BCUT2D eigenvalue weighted by atomic mass is 10.0. The van der Waals surface area contributed by atoms with Gasteiger partial charge in [0.15, 0.2) is 0 Å². The molecule has 1 N–H and O–H groups in total. The largest absolute Gasteiger partial charge is 0.378 e. The topological polar surface area (TPSA) is 27.7 Å². The highest BCUT2D eigenvalue weighted by molar-refractivity contribution is 4.86. The lowest BCUT2D eigenvalue weighted by Crippen LogP contribution is -2.43. The van der Waals surface area contributed by atoms with Crippen LogP contribution in [0.5, 0.6) is 0 Å². The lowest BCUT2D eigenvalue weighted by Gasteiger charge is -2.28. The number of nitrogens with zero attached hydrogens (tertiary/aromatic N) is 2. The molecule has 104 valence electrons. The first-order valence-electron chi connectivity index (χ1n) is 7.75. The number of hydrogen-bond donors (Lipinski definition) is 1. The molecule has 3 aliphatic rings. The Hall–Kier alpha value is -0.160. The van der Waals surface area contributed by atoms with Gasteiger partial charge < -0.3 is 9.64 Å². The third-order valence-corrected chi connectivity index (χ3v) is 4.60. The summed E-state index contributed by atoms with van der Waals surface area (Å²) in [6.07, 6.45) is 8.17. The van der Waals surface area contributed by atoms with E-state index in [1.165, 1.54) is 58.2 Å². The number of fused-ring (bicyclic) bond motifs is 1. The van der Waals surface area contributed by atoms with Gasteiger partial charge in [-0.15, -0.1) is 0 Å². The molecular weight excluding hydrogens is 226 g/mol. The zero-order chi connectivity index (χ0) is 12.2. The van der Waals surface area contributed by atoms with Crippen molar-refractivity contribution in [3.8, 4) is 0 Å². The van der Waals surface area contributed by atoms with Crippen molar-refractivity contribution in [3.63, 3.8) is 0 Å². The molecule has 0 spiro atoms. The average molecular weight is 253 g/mol. The first-order chi connectivity index (χ1) is 8.92. The molecule has 0 amide bonds. The van der Waals surface area contributed by atoms with Crippen molar-refractivity contribution >= 4 is 0 Å². The number of piperidine rings is 1. The van der Waals surface area contributed by atoms with Crippen LogP contribution in [0.25, 0.3) is 0 Å². The summed E-state index contributed by atoms with van der Waals surface area (Å²) in [7, 11) is 0. The van der Waals surface area contributed by atoms with Gasteiger partial charge in [-0.3, -0.25) is 0 Å². The second-order valence-corrected chi connectivity index (χ2v) is 6.03. The Morgan fingerprint density at radius 3 is 2.72 bits per heavy atom. The minimum Gasteiger partial charge on any atom is -0.378 e. The van der Waals surface area contributed by atoms with Gasteiger partial charge in [-0.1, -0.05) is 6.42 Å². The Labute approximate surface area is 111 Å². The monoisotopic (exact) mass is 253 g/mol. The van der Waals surface area contributed by atoms with Crippen LogP contribution in [-0.4, -0.2) is 61.4 Å². The number of hydrazine groups is 1. The molecular formula is C14H27N3O. The number of rotatable bonds is 5. The fourth-order valence-corrected chi connectivity index (χ4v) is 3.56. The summed E-state index contributed by atoms with van der Waals surface area (Å²) in [6, 6.07) is 1.35. The van der Waals surface area contributed by atoms with Gasteiger partial charge in [0.1, 0.15) is 0 Å². The molecule has 3 rings (SSSR count). The van der Waals surface area contributed by atoms with Gasteiger partial charge in [0, 0.05) is 25.2 Å². The predicted octanol–water partition coefficient (Wildman–Crippen LogP) is 1.23. The summed E-state index contributed by atoms with van der Waals surface area (Å²) in [6.45, 7) is 6.71. The van der Waals surface area contributed by atoms with E-state index < -0.39 is 0 Å². The first-order valence-corrected chi connectivity index (χ1v) is 7.75. The van der Waals surface area contributed by atoms with Gasteiger partial charge >= 0.3 is 0 Å². The van der Waals surface area contributed by atoms with Crippen LogP contribution >= 0.6 is 0 Å². The standard InChI is InChI=1S/C14H27N3O/c1-2-8-17-14(5-1)11-13(15-17)12-18-10-9-16-6-3-4-7-16/h13-15H,1-12H2. The van der Waals surface area contributed by atoms with E-state index in [0.29, 0.717) is 6.04 Å². The number of likely N-dealkylation sites (tertiary alicyclic amines) is 1. The highest BCUT2D eigenvalue weighted by atomic mass is 16.5. The lowest BCUT2D eigenvalue weighted by molar-refractivity contribution is 0.0811. The predicted molar refractivity (Wildman–Crippen MR) is 72.4 cm³/mol. The SMILES string of the molecule is C1CCN2NC(COCCN3CCCC3)CC2C1. The Kier molecular flexibility index (Phi) is 4.52. The minimum atomic E-state index is 0.562. The molecule has 0 aromatic rings. The van der Waals surface area contributed by atoms with Crippen LogP contribution in [0.4, 0.5) is 0 Å². The minimum absolute atomic E-state index is 0.562. The van der Waals surface area contributed by atoms with Crippen molar-refractivity contribution in [1.29, 1.82) is 0 Å². The zero-order valence-corrected chi connectivity index (χ0v) is 11.4. The summed E-state index contributed by atoms with van der Waals surface area (Å²) >= 11 is 0. The Bertz CT molecular complexity index is 241. The van der Waals surface area contributed by atoms with E-state index in [2.05, 4.69) is 15.3 Å². The molecule has 3 heterocycles. The maximum atomic E-state index is 5.85. The van der Waals surface area contributed by atoms with Crippen molar-refractivity contribution in [2.75, 3.05) is 39.4 Å². The molecule has 0 aromatic heterocycles. The van der Waals surface area contributed by atoms with Crippen molar-refractivity contribution in [1.82, 2.24) is 15.3 Å². The van der Waals surface area contributed by atoms with E-state index in [1.807, 2.05) is 0 Å². The molecule has 0 aromatic carbocycles. The molecule has 0 radical (unpaired) electrons. The van der Waals surface area contributed by atoms with Crippen molar-refractivity contribution in [2.24, 2.45) is 0 Å². The van der Waals surface area contributed by atoms with Gasteiger partial charge in [0.05, 0.1) is 13.2 Å². The fourth-order valence-electron chi connectivity index (χ4n) is 3.56. The van der Waals surface area contributed by atoms with Crippen LogP contribution in [0.1, 0.15) is 38.5 Å². The maximum Gasteiger partial charge on any atom is 0.0634 e. The van der Waals surface area contributed by atoms with Crippen LogP contribution in [0.3, 0.4) is 0 Å². The Morgan fingerprint density at radius 2 is 1.89 bits per heavy atom. The van der Waals surface area contributed by atoms with E-state index in [-0.39, 0.29) is 0 Å². The van der Waals surface area contributed by atoms with Gasteiger partial charge in [-0.25, -0.2) is 10.4 Å². The summed E-state index contributed by atoms with van der Waals surface area (Å²) < 4.78 is 5.85. The van der Waals surface area contributed by atoms with Crippen molar-refractivity contribution in [3.05, 3.63) is 0 Å². The highest BCUT2D eigenvalue weighted by Crippen LogP contribution is 2.24. The van der Waals surface area contributed by atoms with Crippen LogP contribution in [0, 0.1) is 0 Å². The quantitative estimate of drug-likeness (QED) is 0.746. The normalized spacial score (nSPS) is 34.0. The van der Waals surface area contributed by atoms with Crippen LogP contribution < -0.4 is 5.43 Å². The molecule has 2 atom stereocenters. The van der Waals surface area contributed by atoms with Crippen LogP contribution in [0.15, 0.2) is 0 Å². The van der Waals surface area contributed by atoms with Crippen molar-refractivity contribution in [2.45, 2.75) is 50.6 Å². The summed E-state index contributed by atoms with van der Waals surface area (Å²) in [5.74, 6) is 0. The molecule has 4 nitrogen and oxygen atoms in total. The van der Waals surface area contributed by atoms with E-state index in [1.54, 1.807) is 0 Å². The molecule has 0 saturated carbocycles. The molecule has 3 fully saturated rings. The zero-order valence-electron chi connectivity index (χ0n) is 11.4. The first kappa shape index (κ1) is 12.9. The second-order valence-electron chi connectivity index (χ2n) is 6.03. The van der Waals surface area contributed by atoms with E-state index in [0.717, 1.165) is 25.8 Å². The van der Waals surface area contributed by atoms with Gasteiger partial charge in [-0.05, 0) is 45.2 Å². The number of ether oxygens (including phenoxy) is 1. The molecule has 3 saturated heterocycles. The average Bonchev–Trinajstić information content (AvgIpc) is 3.03. The summed E-state index contributed by atoms with van der Waals surface area (Å²) in [4.78, 5) is 2.52. The van der Waals surface area contributed by atoms with Crippen LogP contribution in [0.2, 0.25) is 0 Å².